The van der Waals surface area contributed by atoms with E-state index >= 15 is 0 Å². The summed E-state index contributed by atoms with van der Waals surface area (Å²) in [5.41, 5.74) is 5.81. The van der Waals surface area contributed by atoms with Gasteiger partial charge in [0.05, 0.1) is 6.61 Å². The number of aliphatic hydroxyl groups excluding tert-OH is 1. The fraction of sp³-hybridized carbons (Fsp3) is 0.455. The molecule has 0 aliphatic carbocycles. The molecule has 2 aromatic rings. The van der Waals surface area contributed by atoms with Crippen molar-refractivity contribution in [1.82, 2.24) is 9.80 Å². The van der Waals surface area contributed by atoms with Crippen molar-refractivity contribution in [2.24, 2.45) is 0 Å². The van der Waals surface area contributed by atoms with E-state index in [-0.39, 0.29) is 18.8 Å². The van der Waals surface area contributed by atoms with Gasteiger partial charge in [0.2, 0.25) is 0 Å². The second kappa shape index (κ2) is 13.2. The van der Waals surface area contributed by atoms with Gasteiger partial charge in [-0.25, -0.2) is 9.59 Å². The largest absolute Gasteiger partial charge is 0.444 e. The molecule has 0 fully saturated rings. The second-order valence-corrected chi connectivity index (χ2v) is 12.1. The van der Waals surface area contributed by atoms with E-state index in [0.717, 1.165) is 23.1 Å². The minimum absolute atomic E-state index is 0.0247. The van der Waals surface area contributed by atoms with Crippen LogP contribution in [0, 0.1) is 0 Å². The summed E-state index contributed by atoms with van der Waals surface area (Å²) in [7, 11) is 0. The van der Waals surface area contributed by atoms with Gasteiger partial charge in [-0.2, -0.15) is 0 Å². The summed E-state index contributed by atoms with van der Waals surface area (Å²) in [5, 5.41) is 9.17. The molecule has 0 bridgehead atoms. The quantitative estimate of drug-likeness (QED) is 0.460. The molecule has 40 heavy (non-hydrogen) atoms. The molecule has 2 aromatic carbocycles. The first kappa shape index (κ1) is 31.0. The van der Waals surface area contributed by atoms with E-state index in [4.69, 9.17) is 14.6 Å². The molecule has 1 N–H and O–H groups in total. The number of nitrogens with zero attached hydrogens (tertiary/aromatic N) is 2. The van der Waals surface area contributed by atoms with Crippen LogP contribution in [0.1, 0.15) is 70.7 Å². The summed E-state index contributed by atoms with van der Waals surface area (Å²) in [5.74, 6) is 0. The minimum atomic E-state index is -0.476. The Labute approximate surface area is 239 Å². The van der Waals surface area contributed by atoms with Gasteiger partial charge in [0.15, 0.2) is 0 Å². The molecule has 0 spiro atoms. The summed E-state index contributed by atoms with van der Waals surface area (Å²) in [6, 6.07) is 16.2. The predicted molar refractivity (Wildman–Crippen MR) is 160 cm³/mol. The van der Waals surface area contributed by atoms with Crippen LogP contribution in [0.4, 0.5) is 9.59 Å². The number of ether oxygens (including phenoxy) is 2. The molecule has 0 radical (unpaired) electrons. The van der Waals surface area contributed by atoms with Gasteiger partial charge >= 0.3 is 12.2 Å². The molecule has 0 unspecified atom stereocenters. The van der Waals surface area contributed by atoms with E-state index in [1.54, 1.807) is 9.80 Å². The SMILES string of the molecule is CC(C)(C)OC(=O)N1CC=C(c2cccc(CO)c2)C1.CCc1cccc(C2=CCN(C(=O)OC(C)(C)C)C2)c1. The second-order valence-electron chi connectivity index (χ2n) is 12.1. The highest BCUT2D eigenvalue weighted by Gasteiger charge is 2.27. The molecule has 0 saturated carbocycles. The molecular formula is C33H44N2O5. The van der Waals surface area contributed by atoms with Gasteiger partial charge < -0.3 is 24.4 Å². The zero-order valence-electron chi connectivity index (χ0n) is 25.0. The van der Waals surface area contributed by atoms with Crippen LogP contribution in [0.3, 0.4) is 0 Å². The van der Waals surface area contributed by atoms with Crippen LogP contribution >= 0.6 is 0 Å². The van der Waals surface area contributed by atoms with Crippen molar-refractivity contribution in [1.29, 1.82) is 0 Å². The van der Waals surface area contributed by atoms with Crippen molar-refractivity contribution in [3.8, 4) is 0 Å². The normalized spacial score (nSPS) is 15.2. The maximum absolute atomic E-state index is 12.0. The Bertz CT molecular complexity index is 1150. The number of aryl methyl sites for hydroxylation is 1. The number of hydrogen-bond acceptors (Lipinski definition) is 5. The fourth-order valence-electron chi connectivity index (χ4n) is 4.32. The van der Waals surface area contributed by atoms with Crippen molar-refractivity contribution in [3.63, 3.8) is 0 Å². The summed E-state index contributed by atoms with van der Waals surface area (Å²) >= 11 is 0. The topological polar surface area (TPSA) is 79.3 Å². The number of aliphatic hydroxyl groups is 1. The van der Waals surface area contributed by atoms with Gasteiger partial charge in [-0.05, 0) is 87.4 Å². The van der Waals surface area contributed by atoms with Crippen LogP contribution in [0.15, 0.2) is 60.7 Å². The molecule has 0 atom stereocenters. The van der Waals surface area contributed by atoms with E-state index in [9.17, 15) is 9.59 Å². The third-order valence-corrected chi connectivity index (χ3v) is 6.33. The fourth-order valence-corrected chi connectivity index (χ4v) is 4.32. The maximum Gasteiger partial charge on any atom is 0.410 e. The van der Waals surface area contributed by atoms with Gasteiger partial charge in [0.1, 0.15) is 11.2 Å². The van der Waals surface area contributed by atoms with Crippen LogP contribution in [0.5, 0.6) is 0 Å². The highest BCUT2D eigenvalue weighted by Crippen LogP contribution is 2.25. The Hall–Kier alpha value is -3.58. The van der Waals surface area contributed by atoms with Crippen LogP contribution in [0.25, 0.3) is 11.1 Å². The zero-order valence-corrected chi connectivity index (χ0v) is 25.0. The molecule has 2 aliphatic rings. The van der Waals surface area contributed by atoms with Crippen LogP contribution in [-0.2, 0) is 22.5 Å². The number of carbonyl (C=O) groups excluding carboxylic acids is 2. The molecule has 7 nitrogen and oxygen atoms in total. The third-order valence-electron chi connectivity index (χ3n) is 6.33. The highest BCUT2D eigenvalue weighted by atomic mass is 16.6. The molecular weight excluding hydrogens is 504 g/mol. The Morgan fingerprint density at radius 2 is 1.18 bits per heavy atom. The number of benzene rings is 2. The van der Waals surface area contributed by atoms with E-state index in [0.29, 0.717) is 26.2 Å². The van der Waals surface area contributed by atoms with Crippen molar-refractivity contribution in [2.45, 2.75) is 72.7 Å². The summed E-state index contributed by atoms with van der Waals surface area (Å²) in [4.78, 5) is 27.4. The average molecular weight is 549 g/mol. The lowest BCUT2D eigenvalue weighted by Crippen LogP contribution is -2.35. The Morgan fingerprint density at radius 3 is 1.57 bits per heavy atom. The molecule has 7 heteroatoms. The van der Waals surface area contributed by atoms with Gasteiger partial charge in [-0.3, -0.25) is 0 Å². The van der Waals surface area contributed by atoms with Crippen LogP contribution in [0.2, 0.25) is 0 Å². The smallest absolute Gasteiger partial charge is 0.410 e. The van der Waals surface area contributed by atoms with Crippen LogP contribution < -0.4 is 0 Å². The van der Waals surface area contributed by atoms with Gasteiger partial charge in [0, 0.05) is 26.2 Å². The minimum Gasteiger partial charge on any atom is -0.444 e. The number of carbonyl (C=O) groups is 2. The van der Waals surface area contributed by atoms with E-state index in [1.807, 2.05) is 71.9 Å². The van der Waals surface area contributed by atoms with Crippen molar-refractivity contribution in [2.75, 3.05) is 26.2 Å². The first-order chi connectivity index (χ1) is 18.8. The first-order valence-corrected chi connectivity index (χ1v) is 13.9. The van der Waals surface area contributed by atoms with E-state index < -0.39 is 11.2 Å². The molecule has 216 valence electrons. The molecule has 0 saturated heterocycles. The summed E-state index contributed by atoms with van der Waals surface area (Å²) in [6.07, 6.45) is 4.63. The summed E-state index contributed by atoms with van der Waals surface area (Å²) in [6.45, 7) is 15.8. The van der Waals surface area contributed by atoms with Gasteiger partial charge in [-0.15, -0.1) is 0 Å². The maximum atomic E-state index is 12.0. The summed E-state index contributed by atoms with van der Waals surface area (Å²) < 4.78 is 10.8. The van der Waals surface area contributed by atoms with Crippen molar-refractivity contribution in [3.05, 3.63) is 82.9 Å². The zero-order chi connectivity index (χ0) is 29.5. The molecule has 2 heterocycles. The monoisotopic (exact) mass is 548 g/mol. The molecule has 2 amide bonds. The Morgan fingerprint density at radius 1 is 0.750 bits per heavy atom. The van der Waals surface area contributed by atoms with Crippen molar-refractivity contribution >= 4 is 23.3 Å². The first-order valence-electron chi connectivity index (χ1n) is 13.9. The van der Waals surface area contributed by atoms with E-state index in [2.05, 4.69) is 37.3 Å². The molecule has 4 rings (SSSR count). The standard InChI is InChI=1S/C17H23NO2.C16H21NO3/c1-5-13-7-6-8-14(11-13)15-9-10-18(12-15)16(19)20-17(2,3)4;1-16(2,3)20-15(19)17-8-7-14(10-17)13-6-4-5-12(9-13)11-18/h6-9,11H,5,10,12H2,1-4H3;4-7,9,18H,8,10-11H2,1-3H3. The number of amides is 2. The molecule has 2 aliphatic heterocycles. The highest BCUT2D eigenvalue weighted by molar-refractivity contribution is 5.78. The van der Waals surface area contributed by atoms with Crippen LogP contribution in [-0.4, -0.2) is 64.5 Å². The molecule has 0 aromatic heterocycles. The lowest BCUT2D eigenvalue weighted by Gasteiger charge is -2.24. The van der Waals surface area contributed by atoms with Gasteiger partial charge in [0.25, 0.3) is 0 Å². The average Bonchev–Trinajstić information content (AvgIpc) is 3.58. The number of rotatable bonds is 4. The Balaban J connectivity index is 0.000000220. The number of hydrogen-bond donors (Lipinski definition) is 1. The van der Waals surface area contributed by atoms with Crippen molar-refractivity contribution < 1.29 is 24.2 Å². The van der Waals surface area contributed by atoms with E-state index in [1.165, 1.54) is 16.7 Å². The predicted octanol–water partition coefficient (Wildman–Crippen LogP) is 6.70. The third kappa shape index (κ3) is 9.26. The Kier molecular flexibility index (Phi) is 10.2. The van der Waals surface area contributed by atoms with Gasteiger partial charge in [-0.1, -0.05) is 61.5 Å². The lowest BCUT2D eigenvalue weighted by molar-refractivity contribution is 0.0295. The lowest BCUT2D eigenvalue weighted by atomic mass is 10.0.